The van der Waals surface area contributed by atoms with Gasteiger partial charge in [-0.25, -0.2) is 13.8 Å². The number of pyridine rings is 1. The predicted octanol–water partition coefficient (Wildman–Crippen LogP) is 1.94. The molecule has 1 aromatic rings. The van der Waals surface area contributed by atoms with Gasteiger partial charge >= 0.3 is 0 Å². The molecule has 0 saturated carbocycles. The highest BCUT2D eigenvalue weighted by atomic mass is 35.5. The molecule has 14 heavy (non-hydrogen) atoms. The minimum absolute atomic E-state index is 0.0317. The van der Waals surface area contributed by atoms with Gasteiger partial charge < -0.3 is 5.73 Å². The number of hydrogen-bond donors (Lipinski definition) is 1. The number of halogens is 3. The van der Waals surface area contributed by atoms with E-state index < -0.39 is 12.1 Å². The highest BCUT2D eigenvalue weighted by molar-refractivity contribution is 6.31. The fourth-order valence-corrected chi connectivity index (χ4v) is 1.26. The molecule has 0 aliphatic rings. The Balaban J connectivity index is 3.31. The lowest BCUT2D eigenvalue weighted by molar-refractivity contribution is 0.112. The Hall–Kier alpha value is -1.07. The number of aldehydes is 1. The normalized spacial score (nSPS) is 10.6. The molecule has 0 fully saturated rings. The van der Waals surface area contributed by atoms with E-state index in [0.717, 1.165) is 6.07 Å². The molecular formula is C8H7ClF2N2O. The molecule has 0 atom stereocenters. The molecule has 0 amide bonds. The van der Waals surface area contributed by atoms with Crippen LogP contribution in [0.15, 0.2) is 6.07 Å². The summed E-state index contributed by atoms with van der Waals surface area (Å²) in [6.45, 7) is -0.0317. The maximum absolute atomic E-state index is 12.2. The van der Waals surface area contributed by atoms with Gasteiger partial charge in [0.1, 0.15) is 10.8 Å². The number of hydrogen-bond acceptors (Lipinski definition) is 3. The van der Waals surface area contributed by atoms with Crippen molar-refractivity contribution in [3.8, 4) is 0 Å². The van der Waals surface area contributed by atoms with Gasteiger partial charge in [0.2, 0.25) is 0 Å². The Morgan fingerprint density at radius 3 is 2.71 bits per heavy atom. The monoisotopic (exact) mass is 220 g/mol. The number of carbonyl (C=O) groups excluding carboxylic acids is 1. The van der Waals surface area contributed by atoms with Crippen LogP contribution in [0, 0.1) is 0 Å². The van der Waals surface area contributed by atoms with Crippen molar-refractivity contribution >= 4 is 17.9 Å². The average molecular weight is 221 g/mol. The van der Waals surface area contributed by atoms with E-state index in [1.807, 2.05) is 0 Å². The van der Waals surface area contributed by atoms with E-state index in [2.05, 4.69) is 4.98 Å². The molecule has 0 aliphatic carbocycles. The SMILES string of the molecule is NCc1cc(C(F)F)nc(Cl)c1C=O. The zero-order valence-corrected chi connectivity index (χ0v) is 7.76. The van der Waals surface area contributed by atoms with Crippen molar-refractivity contribution in [2.45, 2.75) is 13.0 Å². The van der Waals surface area contributed by atoms with Gasteiger partial charge in [-0.2, -0.15) is 0 Å². The Morgan fingerprint density at radius 2 is 2.29 bits per heavy atom. The van der Waals surface area contributed by atoms with Crippen LogP contribution in [0.5, 0.6) is 0 Å². The molecule has 0 unspecified atom stereocenters. The summed E-state index contributed by atoms with van der Waals surface area (Å²) in [5.74, 6) is 0. The van der Waals surface area contributed by atoms with Gasteiger partial charge in [0.25, 0.3) is 6.43 Å². The van der Waals surface area contributed by atoms with Crippen LogP contribution in [-0.4, -0.2) is 11.3 Å². The van der Waals surface area contributed by atoms with E-state index in [-0.39, 0.29) is 22.8 Å². The van der Waals surface area contributed by atoms with Crippen molar-refractivity contribution in [2.24, 2.45) is 5.73 Å². The molecule has 3 nitrogen and oxygen atoms in total. The van der Waals surface area contributed by atoms with Crippen LogP contribution in [0.3, 0.4) is 0 Å². The molecule has 0 radical (unpaired) electrons. The summed E-state index contributed by atoms with van der Waals surface area (Å²) in [5, 5.41) is -0.238. The van der Waals surface area contributed by atoms with E-state index in [9.17, 15) is 13.6 Å². The van der Waals surface area contributed by atoms with Crippen molar-refractivity contribution in [3.05, 3.63) is 28.0 Å². The minimum atomic E-state index is -2.72. The van der Waals surface area contributed by atoms with Crippen LogP contribution in [0.1, 0.15) is 28.0 Å². The first-order valence-corrected chi connectivity index (χ1v) is 4.10. The second-order valence-electron chi connectivity index (χ2n) is 2.53. The van der Waals surface area contributed by atoms with Crippen LogP contribution in [0.2, 0.25) is 5.15 Å². The van der Waals surface area contributed by atoms with Crippen molar-refractivity contribution in [1.29, 1.82) is 0 Å². The summed E-state index contributed by atoms with van der Waals surface area (Å²) in [6.07, 6.45) is -2.27. The number of nitrogens with two attached hydrogens (primary N) is 1. The van der Waals surface area contributed by atoms with E-state index in [4.69, 9.17) is 17.3 Å². The number of nitrogens with zero attached hydrogens (tertiary/aromatic N) is 1. The summed E-state index contributed by atoms with van der Waals surface area (Å²) in [4.78, 5) is 13.9. The number of alkyl halides is 2. The Kier molecular flexibility index (Phi) is 3.49. The zero-order valence-electron chi connectivity index (χ0n) is 7.01. The summed E-state index contributed by atoms with van der Waals surface area (Å²) in [7, 11) is 0. The van der Waals surface area contributed by atoms with Crippen molar-refractivity contribution < 1.29 is 13.6 Å². The first-order chi connectivity index (χ1) is 6.60. The third-order valence-corrected chi connectivity index (χ3v) is 1.97. The number of rotatable bonds is 3. The first-order valence-electron chi connectivity index (χ1n) is 3.72. The quantitative estimate of drug-likeness (QED) is 0.626. The molecule has 0 aromatic carbocycles. The van der Waals surface area contributed by atoms with Crippen LogP contribution in [0.25, 0.3) is 0 Å². The van der Waals surface area contributed by atoms with Crippen LogP contribution < -0.4 is 5.73 Å². The lowest BCUT2D eigenvalue weighted by Crippen LogP contribution is -2.05. The summed E-state index contributed by atoms with van der Waals surface area (Å²) in [6, 6.07) is 1.08. The van der Waals surface area contributed by atoms with E-state index in [0.29, 0.717) is 6.29 Å². The maximum Gasteiger partial charge on any atom is 0.280 e. The molecule has 76 valence electrons. The van der Waals surface area contributed by atoms with Crippen molar-refractivity contribution in [2.75, 3.05) is 0 Å². The van der Waals surface area contributed by atoms with Gasteiger partial charge in [0.15, 0.2) is 6.29 Å². The van der Waals surface area contributed by atoms with E-state index >= 15 is 0 Å². The standard InChI is InChI=1S/C8H7ClF2N2O/c9-7-5(3-14)4(2-12)1-6(13-7)8(10)11/h1,3,8H,2,12H2. The van der Waals surface area contributed by atoms with Crippen molar-refractivity contribution in [3.63, 3.8) is 0 Å². The third kappa shape index (κ3) is 2.05. The number of carbonyl (C=O) groups is 1. The lowest BCUT2D eigenvalue weighted by Gasteiger charge is -2.06. The largest absolute Gasteiger partial charge is 0.326 e. The maximum atomic E-state index is 12.2. The highest BCUT2D eigenvalue weighted by Gasteiger charge is 2.15. The zero-order chi connectivity index (χ0) is 10.7. The van der Waals surface area contributed by atoms with Gasteiger partial charge in [-0.05, 0) is 11.6 Å². The Bertz CT molecular complexity index is 357. The predicted molar refractivity (Wildman–Crippen MR) is 47.5 cm³/mol. The molecule has 1 rings (SSSR count). The first kappa shape index (κ1) is 11.0. The molecule has 6 heteroatoms. The molecule has 1 heterocycles. The lowest BCUT2D eigenvalue weighted by atomic mass is 10.1. The molecule has 2 N–H and O–H groups in total. The minimum Gasteiger partial charge on any atom is -0.326 e. The molecule has 0 bridgehead atoms. The van der Waals surface area contributed by atoms with Gasteiger partial charge in [-0.15, -0.1) is 0 Å². The fraction of sp³-hybridized carbons (Fsp3) is 0.250. The molecular weight excluding hydrogens is 214 g/mol. The highest BCUT2D eigenvalue weighted by Crippen LogP contribution is 2.23. The fourth-order valence-electron chi connectivity index (χ4n) is 1.000. The van der Waals surface area contributed by atoms with Gasteiger partial charge in [0.05, 0.1) is 5.56 Å². The molecule has 0 spiro atoms. The second kappa shape index (κ2) is 4.43. The second-order valence-corrected chi connectivity index (χ2v) is 2.89. The van der Waals surface area contributed by atoms with Crippen LogP contribution >= 0.6 is 11.6 Å². The van der Waals surface area contributed by atoms with E-state index in [1.165, 1.54) is 0 Å². The van der Waals surface area contributed by atoms with Crippen molar-refractivity contribution in [1.82, 2.24) is 4.98 Å². The van der Waals surface area contributed by atoms with Gasteiger partial charge in [-0.3, -0.25) is 4.79 Å². The Labute approximate surface area is 83.9 Å². The van der Waals surface area contributed by atoms with Gasteiger partial charge in [-0.1, -0.05) is 11.6 Å². The summed E-state index contributed by atoms with van der Waals surface area (Å²) in [5.41, 5.74) is 5.14. The molecule has 0 saturated heterocycles. The number of aromatic nitrogens is 1. The topological polar surface area (TPSA) is 56.0 Å². The van der Waals surface area contributed by atoms with Crippen LogP contribution in [-0.2, 0) is 6.54 Å². The average Bonchev–Trinajstić information content (AvgIpc) is 2.16. The third-order valence-electron chi connectivity index (χ3n) is 1.68. The summed E-state index contributed by atoms with van der Waals surface area (Å²) >= 11 is 5.53. The molecule has 0 aliphatic heterocycles. The molecule has 1 aromatic heterocycles. The van der Waals surface area contributed by atoms with Gasteiger partial charge in [0, 0.05) is 6.54 Å². The Morgan fingerprint density at radius 1 is 1.64 bits per heavy atom. The van der Waals surface area contributed by atoms with Crippen LogP contribution in [0.4, 0.5) is 8.78 Å². The van der Waals surface area contributed by atoms with E-state index in [1.54, 1.807) is 0 Å². The smallest absolute Gasteiger partial charge is 0.280 e. The summed E-state index contributed by atoms with van der Waals surface area (Å²) < 4.78 is 24.5.